The number of benzene rings is 1. The lowest BCUT2D eigenvalue weighted by molar-refractivity contribution is -0.387. The van der Waals surface area contributed by atoms with Gasteiger partial charge in [-0.1, -0.05) is 24.9 Å². The van der Waals surface area contributed by atoms with Gasteiger partial charge in [0.1, 0.15) is 0 Å². The van der Waals surface area contributed by atoms with Gasteiger partial charge in [0.15, 0.2) is 4.90 Å². The molecule has 0 spiro atoms. The zero-order valence-corrected chi connectivity index (χ0v) is 12.2. The minimum Gasteiger partial charge on any atom is -0.258 e. The molecule has 0 radical (unpaired) electrons. The summed E-state index contributed by atoms with van der Waals surface area (Å²) in [7, 11) is -2.46. The Morgan fingerprint density at radius 2 is 2.05 bits per heavy atom. The van der Waals surface area contributed by atoms with Gasteiger partial charge in [-0.3, -0.25) is 10.1 Å². The quantitative estimate of drug-likeness (QED) is 0.597. The van der Waals surface area contributed by atoms with Crippen LogP contribution in [0.3, 0.4) is 0 Å². The van der Waals surface area contributed by atoms with Crippen molar-refractivity contribution in [2.75, 3.05) is 13.6 Å². The Morgan fingerprint density at radius 1 is 1.42 bits per heavy atom. The molecule has 0 fully saturated rings. The van der Waals surface area contributed by atoms with Crippen molar-refractivity contribution in [2.45, 2.75) is 24.7 Å². The zero-order chi connectivity index (χ0) is 14.6. The van der Waals surface area contributed by atoms with Gasteiger partial charge in [0.05, 0.1) is 4.92 Å². The maximum atomic E-state index is 12.3. The van der Waals surface area contributed by atoms with E-state index in [1.807, 2.05) is 6.92 Å². The van der Waals surface area contributed by atoms with Gasteiger partial charge in [-0.15, -0.1) is 0 Å². The Bertz CT molecular complexity index is 574. The van der Waals surface area contributed by atoms with E-state index in [2.05, 4.69) is 0 Å². The molecule has 0 aliphatic rings. The van der Waals surface area contributed by atoms with Crippen molar-refractivity contribution in [2.24, 2.45) is 0 Å². The highest BCUT2D eigenvalue weighted by atomic mass is 35.5. The molecule has 1 aromatic carbocycles. The van der Waals surface area contributed by atoms with Crippen molar-refractivity contribution in [3.8, 4) is 0 Å². The van der Waals surface area contributed by atoms with Crippen LogP contribution in [0.15, 0.2) is 23.1 Å². The van der Waals surface area contributed by atoms with Gasteiger partial charge in [0, 0.05) is 24.7 Å². The summed E-state index contributed by atoms with van der Waals surface area (Å²) in [6.07, 6.45) is 1.53. The van der Waals surface area contributed by atoms with Gasteiger partial charge in [-0.05, 0) is 18.6 Å². The van der Waals surface area contributed by atoms with Crippen LogP contribution in [0.4, 0.5) is 5.69 Å². The number of nitrogens with zero attached hydrogens (tertiary/aromatic N) is 2. The van der Waals surface area contributed by atoms with Crippen LogP contribution in [-0.2, 0) is 10.0 Å². The number of nitro groups is 1. The third-order valence-electron chi connectivity index (χ3n) is 2.63. The smallest absolute Gasteiger partial charge is 0.258 e. The fourth-order valence-corrected chi connectivity index (χ4v) is 3.03. The van der Waals surface area contributed by atoms with E-state index >= 15 is 0 Å². The van der Waals surface area contributed by atoms with E-state index in [0.29, 0.717) is 13.0 Å². The van der Waals surface area contributed by atoms with E-state index < -0.39 is 20.6 Å². The second kappa shape index (κ2) is 6.31. The van der Waals surface area contributed by atoms with Gasteiger partial charge in [0.25, 0.3) is 5.69 Å². The number of sulfonamides is 1. The first-order valence-corrected chi connectivity index (χ1v) is 7.52. The molecule has 0 aliphatic carbocycles. The summed E-state index contributed by atoms with van der Waals surface area (Å²) in [6, 6.07) is 3.54. The topological polar surface area (TPSA) is 80.5 Å². The molecular weight excluding hydrogens is 292 g/mol. The van der Waals surface area contributed by atoms with Crippen LogP contribution >= 0.6 is 11.6 Å². The average molecular weight is 307 g/mol. The van der Waals surface area contributed by atoms with Crippen molar-refractivity contribution >= 4 is 27.3 Å². The number of unbranched alkanes of at least 4 members (excludes halogenated alkanes) is 1. The monoisotopic (exact) mass is 306 g/mol. The van der Waals surface area contributed by atoms with E-state index in [9.17, 15) is 18.5 Å². The lowest BCUT2D eigenvalue weighted by atomic mass is 10.3. The fraction of sp³-hybridized carbons (Fsp3) is 0.455. The van der Waals surface area contributed by atoms with Crippen LogP contribution in [0.5, 0.6) is 0 Å². The summed E-state index contributed by atoms with van der Waals surface area (Å²) in [5.74, 6) is 0. The summed E-state index contributed by atoms with van der Waals surface area (Å²) in [5, 5.41) is 11.0. The van der Waals surface area contributed by atoms with Crippen molar-refractivity contribution in [3.63, 3.8) is 0 Å². The van der Waals surface area contributed by atoms with Crippen LogP contribution < -0.4 is 0 Å². The van der Waals surface area contributed by atoms with Crippen LogP contribution in [0, 0.1) is 10.1 Å². The highest BCUT2D eigenvalue weighted by molar-refractivity contribution is 7.89. The molecule has 1 rings (SSSR count). The molecular formula is C11H15ClN2O4S. The van der Waals surface area contributed by atoms with Gasteiger partial charge in [0.2, 0.25) is 10.0 Å². The molecule has 0 N–H and O–H groups in total. The lowest BCUT2D eigenvalue weighted by Crippen LogP contribution is -2.28. The summed E-state index contributed by atoms with van der Waals surface area (Å²) < 4.78 is 25.6. The second-order valence-electron chi connectivity index (χ2n) is 4.05. The van der Waals surface area contributed by atoms with Gasteiger partial charge in [-0.25, -0.2) is 12.7 Å². The zero-order valence-electron chi connectivity index (χ0n) is 10.7. The standard InChI is InChI=1S/C11H15ClN2O4S/c1-3-4-7-13(2)19(17,18)11-6-5-9(12)8-10(11)14(15)16/h5-6,8H,3-4,7H2,1-2H3. The fourth-order valence-electron chi connectivity index (χ4n) is 1.52. The van der Waals surface area contributed by atoms with Crippen LogP contribution in [0.2, 0.25) is 5.02 Å². The van der Waals surface area contributed by atoms with Crippen molar-refractivity contribution < 1.29 is 13.3 Å². The van der Waals surface area contributed by atoms with Crippen LogP contribution in [0.1, 0.15) is 19.8 Å². The predicted molar refractivity (Wildman–Crippen MR) is 72.8 cm³/mol. The first kappa shape index (κ1) is 15.9. The normalized spacial score (nSPS) is 11.8. The number of nitro benzene ring substituents is 1. The Morgan fingerprint density at radius 3 is 2.58 bits per heavy atom. The number of hydrogen-bond acceptors (Lipinski definition) is 4. The molecule has 0 atom stereocenters. The summed E-state index contributed by atoms with van der Waals surface area (Å²) in [6.45, 7) is 2.25. The van der Waals surface area contributed by atoms with Gasteiger partial charge < -0.3 is 0 Å². The molecule has 0 saturated carbocycles. The number of halogens is 1. The summed E-state index contributed by atoms with van der Waals surface area (Å²) in [5.41, 5.74) is -0.504. The predicted octanol–water partition coefficient (Wildman–Crippen LogP) is 2.67. The van der Waals surface area contributed by atoms with E-state index in [0.717, 1.165) is 22.9 Å². The summed E-state index contributed by atoms with van der Waals surface area (Å²) >= 11 is 5.66. The highest BCUT2D eigenvalue weighted by Gasteiger charge is 2.29. The molecule has 0 amide bonds. The van der Waals surface area contributed by atoms with E-state index in [-0.39, 0.29) is 9.92 Å². The second-order valence-corrected chi connectivity index (χ2v) is 6.50. The maximum Gasteiger partial charge on any atom is 0.290 e. The first-order valence-electron chi connectivity index (χ1n) is 5.71. The van der Waals surface area contributed by atoms with Gasteiger partial charge >= 0.3 is 0 Å². The molecule has 19 heavy (non-hydrogen) atoms. The Labute approximate surface area is 117 Å². The van der Waals surface area contributed by atoms with E-state index in [4.69, 9.17) is 11.6 Å². The first-order chi connectivity index (χ1) is 8.80. The minimum atomic E-state index is -3.87. The Kier molecular flexibility index (Phi) is 5.28. The maximum absolute atomic E-state index is 12.3. The molecule has 6 nitrogen and oxygen atoms in total. The third kappa shape index (κ3) is 3.65. The Balaban J connectivity index is 3.25. The van der Waals surface area contributed by atoms with Crippen LogP contribution in [0.25, 0.3) is 0 Å². The lowest BCUT2D eigenvalue weighted by Gasteiger charge is -2.16. The van der Waals surface area contributed by atoms with Crippen molar-refractivity contribution in [1.29, 1.82) is 0 Å². The van der Waals surface area contributed by atoms with E-state index in [1.165, 1.54) is 13.1 Å². The molecule has 0 saturated heterocycles. The Hall–Kier alpha value is -1.18. The van der Waals surface area contributed by atoms with E-state index in [1.54, 1.807) is 0 Å². The molecule has 0 bridgehead atoms. The SMILES string of the molecule is CCCCN(C)S(=O)(=O)c1ccc(Cl)cc1[N+](=O)[O-]. The largest absolute Gasteiger partial charge is 0.290 e. The molecule has 8 heteroatoms. The molecule has 0 unspecified atom stereocenters. The third-order valence-corrected chi connectivity index (χ3v) is 4.77. The van der Waals surface area contributed by atoms with Crippen molar-refractivity contribution in [1.82, 2.24) is 4.31 Å². The highest BCUT2D eigenvalue weighted by Crippen LogP contribution is 2.29. The number of rotatable bonds is 6. The molecule has 1 aromatic rings. The molecule has 0 aliphatic heterocycles. The molecule has 106 valence electrons. The number of hydrogen-bond donors (Lipinski definition) is 0. The van der Waals surface area contributed by atoms with Crippen LogP contribution in [-0.4, -0.2) is 31.2 Å². The molecule has 0 aromatic heterocycles. The minimum absolute atomic E-state index is 0.127. The summed E-state index contributed by atoms with van der Waals surface area (Å²) in [4.78, 5) is 9.84. The average Bonchev–Trinajstić information content (AvgIpc) is 2.35. The van der Waals surface area contributed by atoms with Gasteiger partial charge in [-0.2, -0.15) is 0 Å². The molecule has 0 heterocycles. The van der Waals surface area contributed by atoms with Crippen molar-refractivity contribution in [3.05, 3.63) is 33.3 Å².